The molecule has 0 aromatic carbocycles. The van der Waals surface area contributed by atoms with Crippen LogP contribution in [0.5, 0.6) is 0 Å². The third kappa shape index (κ3) is 10.5. The fraction of sp³-hybridized carbons (Fsp3) is 0.957. The lowest BCUT2D eigenvalue weighted by molar-refractivity contribution is -0.164. The van der Waals surface area contributed by atoms with Crippen molar-refractivity contribution in [1.29, 1.82) is 0 Å². The summed E-state index contributed by atoms with van der Waals surface area (Å²) in [4.78, 5) is 14.9. The van der Waals surface area contributed by atoms with E-state index in [4.69, 9.17) is 4.74 Å². The Balaban J connectivity index is 2.17. The molecular weight excluding hydrogens is 338 g/mol. The Hall–Kier alpha value is -0.610. The van der Waals surface area contributed by atoms with Gasteiger partial charge in [0.2, 0.25) is 0 Å². The van der Waals surface area contributed by atoms with Gasteiger partial charge < -0.3 is 14.7 Å². The minimum atomic E-state index is -0.349. The number of carbonyl (C=O) groups excluding carboxylic acids is 1. The van der Waals surface area contributed by atoms with Crippen LogP contribution in [0.3, 0.4) is 0 Å². The molecule has 1 aliphatic heterocycles. The number of hydrogen-bond acceptors (Lipinski definition) is 4. The molecule has 0 spiro atoms. The lowest BCUT2D eigenvalue weighted by Gasteiger charge is -2.36. The summed E-state index contributed by atoms with van der Waals surface area (Å²) in [5.41, 5.74) is -0.349. The van der Waals surface area contributed by atoms with Gasteiger partial charge in [0.15, 0.2) is 0 Å². The summed E-state index contributed by atoms with van der Waals surface area (Å²) in [6, 6.07) is 0. The van der Waals surface area contributed by atoms with E-state index in [1.165, 1.54) is 57.8 Å². The number of esters is 1. The molecule has 0 radical (unpaired) electrons. The van der Waals surface area contributed by atoms with Gasteiger partial charge in [-0.2, -0.15) is 0 Å². The standard InChI is InChI=1S/C23H45NO3/c1-4-5-6-7-8-9-10-11-12-13-14-21(15-20-25)27-22(26)23(2)16-18-24(3)19-17-23/h21,25H,4-20H2,1-3H3. The van der Waals surface area contributed by atoms with Gasteiger partial charge in [-0.15, -0.1) is 0 Å². The second kappa shape index (κ2) is 14.4. The summed E-state index contributed by atoms with van der Waals surface area (Å²) in [5, 5.41) is 9.32. The average Bonchev–Trinajstić information content (AvgIpc) is 2.65. The predicted molar refractivity (Wildman–Crippen MR) is 113 cm³/mol. The van der Waals surface area contributed by atoms with Gasteiger partial charge in [-0.05, 0) is 52.7 Å². The molecule has 0 amide bonds. The molecule has 160 valence electrons. The Labute approximate surface area is 168 Å². The van der Waals surface area contributed by atoms with Crippen molar-refractivity contribution < 1.29 is 14.6 Å². The van der Waals surface area contributed by atoms with E-state index < -0.39 is 0 Å². The summed E-state index contributed by atoms with van der Waals surface area (Å²) in [7, 11) is 2.10. The van der Waals surface area contributed by atoms with Gasteiger partial charge in [-0.3, -0.25) is 4.79 Å². The minimum Gasteiger partial charge on any atom is -0.462 e. The number of ether oxygens (including phenoxy) is 1. The monoisotopic (exact) mass is 383 g/mol. The highest BCUT2D eigenvalue weighted by Gasteiger charge is 2.38. The Morgan fingerprint density at radius 2 is 1.48 bits per heavy atom. The Morgan fingerprint density at radius 3 is 2.00 bits per heavy atom. The SMILES string of the molecule is CCCCCCCCCCCCC(CCO)OC(=O)C1(C)CCN(C)CC1. The summed E-state index contributed by atoms with van der Waals surface area (Å²) in [6.45, 7) is 6.30. The zero-order chi connectivity index (χ0) is 20.0. The quantitative estimate of drug-likeness (QED) is 0.307. The molecule has 1 fully saturated rings. The van der Waals surface area contributed by atoms with E-state index >= 15 is 0 Å². The fourth-order valence-corrected chi connectivity index (χ4v) is 3.88. The number of nitrogens with zero attached hydrogens (tertiary/aromatic N) is 1. The van der Waals surface area contributed by atoms with Crippen LogP contribution in [0.15, 0.2) is 0 Å². The molecule has 1 rings (SSSR count). The molecule has 1 atom stereocenters. The number of aliphatic hydroxyl groups excluding tert-OH is 1. The zero-order valence-corrected chi connectivity index (χ0v) is 18.3. The topological polar surface area (TPSA) is 49.8 Å². The first kappa shape index (κ1) is 24.4. The van der Waals surface area contributed by atoms with Gasteiger partial charge >= 0.3 is 5.97 Å². The van der Waals surface area contributed by atoms with Gasteiger partial charge in [-0.1, -0.05) is 64.7 Å². The Bertz CT molecular complexity index is 378. The average molecular weight is 384 g/mol. The van der Waals surface area contributed by atoms with Crippen LogP contribution >= 0.6 is 0 Å². The van der Waals surface area contributed by atoms with Crippen LogP contribution in [0.1, 0.15) is 104 Å². The van der Waals surface area contributed by atoms with Crippen molar-refractivity contribution in [2.24, 2.45) is 5.41 Å². The molecule has 0 saturated carbocycles. The highest BCUT2D eigenvalue weighted by molar-refractivity contribution is 5.76. The van der Waals surface area contributed by atoms with Crippen molar-refractivity contribution in [3.63, 3.8) is 0 Å². The normalized spacial score (nSPS) is 18.4. The van der Waals surface area contributed by atoms with Gasteiger partial charge in [0.1, 0.15) is 6.10 Å². The molecule has 0 aromatic rings. The van der Waals surface area contributed by atoms with Crippen molar-refractivity contribution in [3.05, 3.63) is 0 Å². The van der Waals surface area contributed by atoms with Crippen LogP contribution in [0.2, 0.25) is 0 Å². The van der Waals surface area contributed by atoms with E-state index in [0.29, 0.717) is 6.42 Å². The predicted octanol–water partition coefficient (Wildman–Crippen LogP) is 5.32. The first-order chi connectivity index (χ1) is 13.0. The lowest BCUT2D eigenvalue weighted by Crippen LogP contribution is -2.43. The Kier molecular flexibility index (Phi) is 13.0. The van der Waals surface area contributed by atoms with Crippen molar-refractivity contribution in [2.45, 2.75) is 110 Å². The van der Waals surface area contributed by atoms with E-state index in [-0.39, 0.29) is 24.1 Å². The lowest BCUT2D eigenvalue weighted by atomic mass is 9.80. The van der Waals surface area contributed by atoms with E-state index in [1.807, 2.05) is 6.92 Å². The first-order valence-corrected chi connectivity index (χ1v) is 11.5. The fourth-order valence-electron chi connectivity index (χ4n) is 3.88. The number of likely N-dealkylation sites (tertiary alicyclic amines) is 1. The third-order valence-corrected chi connectivity index (χ3v) is 6.19. The van der Waals surface area contributed by atoms with Crippen molar-refractivity contribution in [3.8, 4) is 0 Å². The second-order valence-corrected chi connectivity index (χ2v) is 8.87. The van der Waals surface area contributed by atoms with E-state index in [0.717, 1.165) is 38.8 Å². The zero-order valence-electron chi connectivity index (χ0n) is 18.3. The molecule has 0 bridgehead atoms. The molecule has 4 nitrogen and oxygen atoms in total. The summed E-state index contributed by atoms with van der Waals surface area (Å²) >= 11 is 0. The molecular formula is C23H45NO3. The number of hydrogen-bond donors (Lipinski definition) is 1. The van der Waals surface area contributed by atoms with E-state index in [2.05, 4.69) is 18.9 Å². The van der Waals surface area contributed by atoms with Crippen LogP contribution in [0, 0.1) is 5.41 Å². The molecule has 0 aliphatic carbocycles. The second-order valence-electron chi connectivity index (χ2n) is 8.87. The Morgan fingerprint density at radius 1 is 0.963 bits per heavy atom. The number of carbonyl (C=O) groups is 1. The molecule has 1 aliphatic rings. The third-order valence-electron chi connectivity index (χ3n) is 6.19. The van der Waals surface area contributed by atoms with Crippen LogP contribution in [-0.2, 0) is 9.53 Å². The highest BCUT2D eigenvalue weighted by atomic mass is 16.5. The largest absolute Gasteiger partial charge is 0.462 e. The van der Waals surface area contributed by atoms with Gasteiger partial charge in [0, 0.05) is 13.0 Å². The van der Waals surface area contributed by atoms with Crippen molar-refractivity contribution >= 4 is 5.97 Å². The van der Waals surface area contributed by atoms with Crippen LogP contribution in [0.25, 0.3) is 0 Å². The summed E-state index contributed by atoms with van der Waals surface area (Å²) in [5.74, 6) is -0.0545. The molecule has 4 heteroatoms. The first-order valence-electron chi connectivity index (χ1n) is 11.5. The molecule has 1 saturated heterocycles. The number of rotatable bonds is 15. The van der Waals surface area contributed by atoms with Crippen LogP contribution in [-0.4, -0.2) is 48.8 Å². The number of unbranched alkanes of at least 4 members (excludes halogenated alkanes) is 9. The summed E-state index contributed by atoms with van der Waals surface area (Å²) in [6.07, 6.45) is 16.2. The molecule has 1 N–H and O–H groups in total. The van der Waals surface area contributed by atoms with E-state index in [9.17, 15) is 9.90 Å². The maximum absolute atomic E-state index is 12.7. The maximum Gasteiger partial charge on any atom is 0.312 e. The molecule has 1 unspecified atom stereocenters. The van der Waals surface area contributed by atoms with E-state index in [1.54, 1.807) is 0 Å². The van der Waals surface area contributed by atoms with Gasteiger partial charge in [0.25, 0.3) is 0 Å². The smallest absolute Gasteiger partial charge is 0.312 e. The maximum atomic E-state index is 12.7. The number of piperidine rings is 1. The van der Waals surface area contributed by atoms with Crippen LogP contribution in [0.4, 0.5) is 0 Å². The molecule has 0 aromatic heterocycles. The molecule has 1 heterocycles. The number of aliphatic hydroxyl groups is 1. The minimum absolute atomic E-state index is 0.0545. The summed E-state index contributed by atoms with van der Waals surface area (Å²) < 4.78 is 5.83. The molecule has 27 heavy (non-hydrogen) atoms. The van der Waals surface area contributed by atoms with Crippen LogP contribution < -0.4 is 0 Å². The van der Waals surface area contributed by atoms with Gasteiger partial charge in [0.05, 0.1) is 5.41 Å². The van der Waals surface area contributed by atoms with Crippen molar-refractivity contribution in [2.75, 3.05) is 26.7 Å². The van der Waals surface area contributed by atoms with Gasteiger partial charge in [-0.25, -0.2) is 0 Å². The highest BCUT2D eigenvalue weighted by Crippen LogP contribution is 2.32. The van der Waals surface area contributed by atoms with Crippen molar-refractivity contribution in [1.82, 2.24) is 4.90 Å².